The van der Waals surface area contributed by atoms with E-state index in [0.29, 0.717) is 12.1 Å². The van der Waals surface area contributed by atoms with Crippen molar-refractivity contribution in [2.24, 2.45) is 0 Å². The molecule has 1 aromatic carbocycles. The lowest BCUT2D eigenvalue weighted by Gasteiger charge is -2.25. The van der Waals surface area contributed by atoms with Gasteiger partial charge in [-0.1, -0.05) is 36.2 Å². The van der Waals surface area contributed by atoms with Crippen LogP contribution in [0, 0.1) is 5.82 Å². The Balaban J connectivity index is 1.39. The number of aromatic nitrogens is 2. The van der Waals surface area contributed by atoms with Gasteiger partial charge in [-0.05, 0) is 44.1 Å². The van der Waals surface area contributed by atoms with Crippen LogP contribution in [0.25, 0.3) is 0 Å². The average molecular weight is 417 g/mol. The first kappa shape index (κ1) is 19.7. The predicted octanol–water partition coefficient (Wildman–Crippen LogP) is 4.56. The van der Waals surface area contributed by atoms with Crippen LogP contribution < -0.4 is 5.32 Å². The molecule has 0 saturated carbocycles. The normalized spacial score (nSPS) is 14.8. The number of hydrogen-bond acceptors (Lipinski definition) is 4. The fourth-order valence-corrected chi connectivity index (χ4v) is 3.65. The Labute approximate surface area is 173 Å². The molecule has 0 bridgehead atoms. The van der Waals surface area contributed by atoms with E-state index in [0.717, 1.165) is 18.8 Å². The Bertz CT molecular complexity index is 994. The highest BCUT2D eigenvalue weighted by Gasteiger charge is 2.18. The van der Waals surface area contributed by atoms with Crippen molar-refractivity contribution in [1.29, 1.82) is 0 Å². The Hall–Kier alpha value is -2.64. The third-order valence-electron chi connectivity index (χ3n) is 4.95. The van der Waals surface area contributed by atoms with Crippen LogP contribution in [-0.2, 0) is 13.1 Å². The van der Waals surface area contributed by atoms with E-state index in [1.54, 1.807) is 30.5 Å². The second kappa shape index (κ2) is 8.80. The van der Waals surface area contributed by atoms with Crippen molar-refractivity contribution >= 4 is 23.3 Å². The number of halogens is 2. The molecule has 1 fully saturated rings. The minimum Gasteiger partial charge on any atom is -0.455 e. The molecular formula is C21H22ClFN4O2. The largest absolute Gasteiger partial charge is 0.455 e. The first-order valence-corrected chi connectivity index (χ1v) is 10.0. The van der Waals surface area contributed by atoms with Gasteiger partial charge >= 0.3 is 0 Å². The average Bonchev–Trinajstić information content (AvgIpc) is 3.31. The van der Waals surface area contributed by atoms with E-state index in [2.05, 4.69) is 15.3 Å². The number of likely N-dealkylation sites (tertiary alicyclic amines) is 1. The molecular weight excluding hydrogens is 395 g/mol. The Morgan fingerprint density at radius 2 is 1.93 bits per heavy atom. The summed E-state index contributed by atoms with van der Waals surface area (Å²) in [7, 11) is 0. The summed E-state index contributed by atoms with van der Waals surface area (Å²) in [5.74, 6) is 0.432. The van der Waals surface area contributed by atoms with Crippen LogP contribution in [0.5, 0.6) is 0 Å². The third-order valence-corrected chi connectivity index (χ3v) is 5.23. The number of nitrogens with zero attached hydrogens (tertiary/aromatic N) is 3. The number of nitrogens with one attached hydrogen (secondary N) is 1. The number of rotatable bonds is 6. The van der Waals surface area contributed by atoms with E-state index in [9.17, 15) is 9.18 Å². The van der Waals surface area contributed by atoms with Crippen molar-refractivity contribution in [3.63, 3.8) is 0 Å². The zero-order valence-corrected chi connectivity index (χ0v) is 16.7. The lowest BCUT2D eigenvalue weighted by atomic mass is 10.1. The number of piperidine rings is 1. The van der Waals surface area contributed by atoms with Gasteiger partial charge in [0.1, 0.15) is 16.6 Å². The van der Waals surface area contributed by atoms with E-state index in [1.807, 2.05) is 6.07 Å². The summed E-state index contributed by atoms with van der Waals surface area (Å²) in [6.07, 6.45) is 5.21. The van der Waals surface area contributed by atoms with Crippen molar-refractivity contribution in [3.8, 4) is 0 Å². The zero-order chi connectivity index (χ0) is 20.2. The molecule has 1 amide bonds. The molecule has 0 aliphatic carbocycles. The van der Waals surface area contributed by atoms with Gasteiger partial charge < -0.3 is 9.73 Å². The van der Waals surface area contributed by atoms with E-state index < -0.39 is 5.91 Å². The van der Waals surface area contributed by atoms with Gasteiger partial charge in [-0.15, -0.1) is 0 Å². The maximum atomic E-state index is 13.8. The summed E-state index contributed by atoms with van der Waals surface area (Å²) in [4.78, 5) is 14.8. The lowest BCUT2D eigenvalue weighted by molar-refractivity contribution is 0.0991. The highest BCUT2D eigenvalue weighted by atomic mass is 35.5. The second-order valence-electron chi connectivity index (χ2n) is 7.17. The fourth-order valence-electron chi connectivity index (χ4n) is 3.46. The van der Waals surface area contributed by atoms with E-state index in [1.165, 1.54) is 30.0 Å². The summed E-state index contributed by atoms with van der Waals surface area (Å²) in [6.45, 7) is 3.02. The van der Waals surface area contributed by atoms with E-state index >= 15 is 0 Å². The maximum absolute atomic E-state index is 13.8. The summed E-state index contributed by atoms with van der Waals surface area (Å²) in [5.41, 5.74) is 0.484. The van der Waals surface area contributed by atoms with Gasteiger partial charge in [0.05, 0.1) is 13.1 Å². The molecule has 8 heteroatoms. The minimum atomic E-state index is -0.423. The molecule has 0 spiro atoms. The molecule has 29 heavy (non-hydrogen) atoms. The highest BCUT2D eigenvalue weighted by molar-refractivity contribution is 6.33. The number of amides is 1. The molecule has 1 aliphatic rings. The van der Waals surface area contributed by atoms with Gasteiger partial charge in [0, 0.05) is 11.8 Å². The van der Waals surface area contributed by atoms with Crippen LogP contribution in [0.15, 0.2) is 47.0 Å². The number of carbonyl (C=O) groups is 1. The first-order valence-electron chi connectivity index (χ1n) is 9.67. The Morgan fingerprint density at radius 1 is 1.14 bits per heavy atom. The number of anilines is 1. The van der Waals surface area contributed by atoms with Gasteiger partial charge in [-0.3, -0.25) is 14.4 Å². The van der Waals surface area contributed by atoms with Crippen LogP contribution in [-0.4, -0.2) is 33.7 Å². The molecule has 3 aromatic rings. The standard InChI is InChI=1S/C21H22ClFN4O2/c22-17-14-27(12-15-6-2-3-7-18(15)23)25-20(17)24-21(28)19-9-8-16(29-19)13-26-10-4-1-5-11-26/h2-3,6-9,14H,1,4-5,10-13H2,(H,24,25,28). The van der Waals surface area contributed by atoms with E-state index in [-0.39, 0.29) is 29.0 Å². The van der Waals surface area contributed by atoms with Crippen LogP contribution in [0.1, 0.15) is 41.1 Å². The lowest BCUT2D eigenvalue weighted by Crippen LogP contribution is -2.28. The molecule has 152 valence electrons. The van der Waals surface area contributed by atoms with Crippen molar-refractivity contribution in [3.05, 3.63) is 70.5 Å². The highest BCUT2D eigenvalue weighted by Crippen LogP contribution is 2.22. The van der Waals surface area contributed by atoms with Crippen molar-refractivity contribution < 1.29 is 13.6 Å². The van der Waals surface area contributed by atoms with Crippen LogP contribution >= 0.6 is 11.6 Å². The molecule has 4 rings (SSSR count). The van der Waals surface area contributed by atoms with Crippen LogP contribution in [0.4, 0.5) is 10.2 Å². The van der Waals surface area contributed by atoms with Crippen molar-refractivity contribution in [1.82, 2.24) is 14.7 Å². The topological polar surface area (TPSA) is 63.3 Å². The van der Waals surface area contributed by atoms with Crippen molar-refractivity contribution in [2.75, 3.05) is 18.4 Å². The molecule has 1 aliphatic heterocycles. The van der Waals surface area contributed by atoms with Gasteiger partial charge in [-0.2, -0.15) is 5.10 Å². The summed E-state index contributed by atoms with van der Waals surface area (Å²) >= 11 is 6.19. The Morgan fingerprint density at radius 3 is 2.72 bits per heavy atom. The van der Waals surface area contributed by atoms with Gasteiger partial charge in [0.25, 0.3) is 5.91 Å². The molecule has 6 nitrogen and oxygen atoms in total. The number of hydrogen-bond donors (Lipinski definition) is 1. The molecule has 0 atom stereocenters. The van der Waals surface area contributed by atoms with Gasteiger partial charge in [-0.25, -0.2) is 4.39 Å². The fraction of sp³-hybridized carbons (Fsp3) is 0.333. The maximum Gasteiger partial charge on any atom is 0.292 e. The predicted molar refractivity (Wildman–Crippen MR) is 109 cm³/mol. The third kappa shape index (κ3) is 4.86. The van der Waals surface area contributed by atoms with Crippen LogP contribution in [0.3, 0.4) is 0 Å². The molecule has 0 unspecified atom stereocenters. The summed E-state index contributed by atoms with van der Waals surface area (Å²) < 4.78 is 21.0. The molecule has 2 aromatic heterocycles. The van der Waals surface area contributed by atoms with Crippen LogP contribution in [0.2, 0.25) is 5.02 Å². The first-order chi connectivity index (χ1) is 14.1. The number of benzene rings is 1. The summed E-state index contributed by atoms with van der Waals surface area (Å²) in [5, 5.41) is 7.18. The second-order valence-corrected chi connectivity index (χ2v) is 7.58. The quantitative estimate of drug-likeness (QED) is 0.640. The number of furan rings is 1. The zero-order valence-electron chi connectivity index (χ0n) is 15.9. The number of carbonyl (C=O) groups excluding carboxylic acids is 1. The molecule has 0 radical (unpaired) electrons. The monoisotopic (exact) mass is 416 g/mol. The summed E-state index contributed by atoms with van der Waals surface area (Å²) in [6, 6.07) is 9.92. The van der Waals surface area contributed by atoms with Crippen molar-refractivity contribution in [2.45, 2.75) is 32.4 Å². The SMILES string of the molecule is O=C(Nc1nn(Cc2ccccc2F)cc1Cl)c1ccc(CN2CCCCC2)o1. The molecule has 1 N–H and O–H groups in total. The van der Waals surface area contributed by atoms with E-state index in [4.69, 9.17) is 16.0 Å². The molecule has 1 saturated heterocycles. The molecule has 3 heterocycles. The smallest absolute Gasteiger partial charge is 0.292 e. The van der Waals surface area contributed by atoms with Gasteiger partial charge in [0.2, 0.25) is 0 Å². The minimum absolute atomic E-state index is 0.205. The van der Waals surface area contributed by atoms with Gasteiger partial charge in [0.15, 0.2) is 11.6 Å². The Kier molecular flexibility index (Phi) is 5.97.